The zero-order valence-corrected chi connectivity index (χ0v) is 20.8. The second-order valence-corrected chi connectivity index (χ2v) is 9.39. The third-order valence-electron chi connectivity index (χ3n) is 5.73. The normalized spacial score (nSPS) is 12.2. The van der Waals surface area contributed by atoms with E-state index in [1.807, 2.05) is 67.6 Å². The Morgan fingerprint density at radius 2 is 1.74 bits per heavy atom. The number of likely N-dealkylation sites (N-methyl/N-ethyl adjacent to an activating group) is 1. The summed E-state index contributed by atoms with van der Waals surface area (Å²) >= 11 is 0. The number of hydrogen-bond donors (Lipinski definition) is 1. The number of aromatic nitrogens is 2. The molecule has 0 bridgehead atoms. The Bertz CT molecular complexity index is 1120. The highest BCUT2D eigenvalue weighted by Gasteiger charge is 2.25. The van der Waals surface area contributed by atoms with Crippen molar-refractivity contribution in [3.8, 4) is 11.4 Å². The average molecular weight is 463 g/mol. The maximum absolute atomic E-state index is 13.1. The third kappa shape index (κ3) is 5.84. The molecule has 0 aliphatic heterocycles. The van der Waals surface area contributed by atoms with E-state index in [0.29, 0.717) is 12.2 Å². The number of carbonyl (C=O) groups excluding carboxylic acids is 2. The van der Waals surface area contributed by atoms with Gasteiger partial charge in [-0.2, -0.15) is 5.10 Å². The van der Waals surface area contributed by atoms with Crippen molar-refractivity contribution in [3.63, 3.8) is 0 Å². The summed E-state index contributed by atoms with van der Waals surface area (Å²) in [7, 11) is 3.28. The number of nitrogens with one attached hydrogen (secondary N) is 1. The SMILES string of the molecule is CCC(C(=O)N(C)CC(=O)Nc1cc(C(C)(C)C)nn1-c1ccc(OC)cc1)c1ccccc1. The standard InChI is InChI=1S/C27H34N4O3/c1-7-22(19-11-9-8-10-12-19)26(33)30(5)18-25(32)28-24-17-23(27(2,3)4)29-31(24)20-13-15-21(34-6)16-14-20/h8-17,22H,7,18H2,1-6H3,(H,28,32). The first kappa shape index (κ1) is 25.0. The highest BCUT2D eigenvalue weighted by atomic mass is 16.5. The molecule has 1 N–H and O–H groups in total. The molecular formula is C27H34N4O3. The molecule has 180 valence electrons. The summed E-state index contributed by atoms with van der Waals surface area (Å²) in [6.45, 7) is 8.13. The van der Waals surface area contributed by atoms with Gasteiger partial charge in [-0.25, -0.2) is 4.68 Å². The highest BCUT2D eigenvalue weighted by Crippen LogP contribution is 2.27. The van der Waals surface area contributed by atoms with E-state index in [1.165, 1.54) is 4.90 Å². The summed E-state index contributed by atoms with van der Waals surface area (Å²) in [5, 5.41) is 7.69. The van der Waals surface area contributed by atoms with Gasteiger partial charge in [0.2, 0.25) is 11.8 Å². The topological polar surface area (TPSA) is 76.5 Å². The van der Waals surface area contributed by atoms with Crippen molar-refractivity contribution in [3.05, 3.63) is 71.9 Å². The first-order valence-electron chi connectivity index (χ1n) is 11.5. The average Bonchev–Trinajstić information content (AvgIpc) is 3.24. The number of nitrogens with zero attached hydrogens (tertiary/aromatic N) is 3. The van der Waals surface area contributed by atoms with Gasteiger partial charge in [0.15, 0.2) is 0 Å². The van der Waals surface area contributed by atoms with E-state index in [1.54, 1.807) is 18.8 Å². The number of methoxy groups -OCH3 is 1. The molecule has 0 aliphatic carbocycles. The largest absolute Gasteiger partial charge is 0.497 e. The number of amides is 2. The summed E-state index contributed by atoms with van der Waals surface area (Å²) in [5.41, 5.74) is 2.40. The lowest BCUT2D eigenvalue weighted by molar-refractivity contribution is -0.134. The van der Waals surface area contributed by atoms with Gasteiger partial charge < -0.3 is 15.0 Å². The molecule has 0 saturated carbocycles. The lowest BCUT2D eigenvalue weighted by Gasteiger charge is -2.23. The Kier molecular flexibility index (Phi) is 7.76. The van der Waals surface area contributed by atoms with E-state index in [4.69, 9.17) is 9.84 Å². The van der Waals surface area contributed by atoms with Crippen LogP contribution in [0.1, 0.15) is 51.3 Å². The molecule has 1 atom stereocenters. The van der Waals surface area contributed by atoms with E-state index < -0.39 is 0 Å². The number of benzene rings is 2. The third-order valence-corrected chi connectivity index (χ3v) is 5.73. The lowest BCUT2D eigenvalue weighted by atomic mass is 9.92. The molecule has 34 heavy (non-hydrogen) atoms. The first-order chi connectivity index (χ1) is 16.1. The molecule has 1 unspecified atom stereocenters. The predicted octanol–water partition coefficient (Wildman–Crippen LogP) is 4.77. The monoisotopic (exact) mass is 462 g/mol. The van der Waals surface area contributed by atoms with Crippen molar-refractivity contribution < 1.29 is 14.3 Å². The number of hydrogen-bond acceptors (Lipinski definition) is 4. The molecule has 0 spiro atoms. The molecule has 7 nitrogen and oxygen atoms in total. The van der Waals surface area contributed by atoms with Crippen LogP contribution >= 0.6 is 0 Å². The Morgan fingerprint density at radius 1 is 1.09 bits per heavy atom. The highest BCUT2D eigenvalue weighted by molar-refractivity contribution is 5.95. The van der Waals surface area contributed by atoms with Crippen LogP contribution in [0.25, 0.3) is 5.69 Å². The summed E-state index contributed by atoms with van der Waals surface area (Å²) < 4.78 is 6.96. The molecule has 0 fully saturated rings. The number of ether oxygens (including phenoxy) is 1. The summed E-state index contributed by atoms with van der Waals surface area (Å²) in [6, 6.07) is 19.0. The quantitative estimate of drug-likeness (QED) is 0.523. The minimum Gasteiger partial charge on any atom is -0.497 e. The van der Waals surface area contributed by atoms with Gasteiger partial charge in [0.1, 0.15) is 11.6 Å². The van der Waals surface area contributed by atoms with Crippen LogP contribution < -0.4 is 10.1 Å². The minimum absolute atomic E-state index is 0.0548. The van der Waals surface area contributed by atoms with Crippen LogP contribution in [0.4, 0.5) is 5.82 Å². The fourth-order valence-electron chi connectivity index (χ4n) is 3.74. The summed E-state index contributed by atoms with van der Waals surface area (Å²) in [4.78, 5) is 27.5. The molecule has 2 amide bonds. The number of carbonyl (C=O) groups is 2. The van der Waals surface area contributed by atoms with Crippen molar-refractivity contribution in [2.75, 3.05) is 26.0 Å². The summed E-state index contributed by atoms with van der Waals surface area (Å²) in [6.07, 6.45) is 0.661. The van der Waals surface area contributed by atoms with Crippen molar-refractivity contribution in [1.29, 1.82) is 0 Å². The van der Waals surface area contributed by atoms with Crippen LogP contribution in [0.5, 0.6) is 5.75 Å². The van der Waals surface area contributed by atoms with Crippen LogP contribution in [0.3, 0.4) is 0 Å². The van der Waals surface area contributed by atoms with Crippen LogP contribution in [0, 0.1) is 0 Å². The van der Waals surface area contributed by atoms with Crippen LogP contribution in [-0.4, -0.2) is 47.2 Å². The second kappa shape index (κ2) is 10.5. The van der Waals surface area contributed by atoms with Crippen LogP contribution in [0.2, 0.25) is 0 Å². The van der Waals surface area contributed by atoms with E-state index in [2.05, 4.69) is 26.1 Å². The van der Waals surface area contributed by atoms with E-state index >= 15 is 0 Å². The van der Waals surface area contributed by atoms with E-state index in [0.717, 1.165) is 22.7 Å². The maximum Gasteiger partial charge on any atom is 0.245 e. The molecule has 0 saturated heterocycles. The predicted molar refractivity (Wildman–Crippen MR) is 135 cm³/mol. The molecule has 2 aromatic carbocycles. The van der Waals surface area contributed by atoms with Crippen molar-refractivity contribution in [2.45, 2.75) is 45.4 Å². The van der Waals surface area contributed by atoms with Crippen molar-refractivity contribution >= 4 is 17.6 Å². The van der Waals surface area contributed by atoms with Gasteiger partial charge in [0.05, 0.1) is 31.0 Å². The number of rotatable bonds is 8. The fourth-order valence-corrected chi connectivity index (χ4v) is 3.74. The van der Waals surface area contributed by atoms with Crippen LogP contribution in [-0.2, 0) is 15.0 Å². The maximum atomic E-state index is 13.1. The molecule has 0 radical (unpaired) electrons. The van der Waals surface area contributed by atoms with E-state index in [-0.39, 0.29) is 29.7 Å². The van der Waals surface area contributed by atoms with Crippen molar-refractivity contribution in [1.82, 2.24) is 14.7 Å². The Balaban J connectivity index is 1.79. The Labute approximate surface area is 201 Å². The second-order valence-electron chi connectivity index (χ2n) is 9.39. The molecule has 1 heterocycles. The van der Waals surface area contributed by atoms with Gasteiger partial charge >= 0.3 is 0 Å². The fraction of sp³-hybridized carbons (Fsp3) is 0.370. The Hall–Kier alpha value is -3.61. The van der Waals surface area contributed by atoms with Crippen molar-refractivity contribution in [2.24, 2.45) is 0 Å². The van der Waals surface area contributed by atoms with Gasteiger partial charge in [-0.1, -0.05) is 58.0 Å². The van der Waals surface area contributed by atoms with Gasteiger partial charge in [0.25, 0.3) is 0 Å². The molecule has 1 aromatic heterocycles. The van der Waals surface area contributed by atoms with Gasteiger partial charge in [-0.15, -0.1) is 0 Å². The zero-order valence-electron chi connectivity index (χ0n) is 20.8. The molecule has 3 rings (SSSR count). The van der Waals surface area contributed by atoms with Gasteiger partial charge in [0, 0.05) is 18.5 Å². The Morgan fingerprint density at radius 3 is 2.29 bits per heavy atom. The van der Waals surface area contributed by atoms with Gasteiger partial charge in [-0.05, 0) is 36.2 Å². The first-order valence-corrected chi connectivity index (χ1v) is 11.5. The van der Waals surface area contributed by atoms with E-state index in [9.17, 15) is 9.59 Å². The smallest absolute Gasteiger partial charge is 0.245 e. The number of anilines is 1. The minimum atomic E-state index is -0.283. The van der Waals surface area contributed by atoms with Gasteiger partial charge in [-0.3, -0.25) is 9.59 Å². The molecular weight excluding hydrogens is 428 g/mol. The zero-order chi connectivity index (χ0) is 24.9. The lowest BCUT2D eigenvalue weighted by Crippen LogP contribution is -2.38. The summed E-state index contributed by atoms with van der Waals surface area (Å²) in [5.74, 6) is 0.644. The molecule has 0 aliphatic rings. The van der Waals surface area contributed by atoms with Crippen LogP contribution in [0.15, 0.2) is 60.7 Å². The molecule has 7 heteroatoms. The molecule has 3 aromatic rings.